The Balaban J connectivity index is 1.69. The van der Waals surface area contributed by atoms with Crippen molar-refractivity contribution in [3.05, 3.63) is 41.1 Å². The Kier molecular flexibility index (Phi) is 5.52. The fraction of sp³-hybridized carbons (Fsp3) is 0.500. The summed E-state index contributed by atoms with van der Waals surface area (Å²) in [5.74, 6) is -0.537. The van der Waals surface area contributed by atoms with Crippen LogP contribution in [0.3, 0.4) is 0 Å². The maximum atomic E-state index is 13.4. The average molecular weight is 396 g/mol. The maximum Gasteiger partial charge on any atom is 0.252 e. The summed E-state index contributed by atoms with van der Waals surface area (Å²) in [6, 6.07) is 7.76. The van der Waals surface area contributed by atoms with Gasteiger partial charge in [-0.3, -0.25) is 19.5 Å². The van der Waals surface area contributed by atoms with E-state index in [-0.39, 0.29) is 18.4 Å². The van der Waals surface area contributed by atoms with Crippen molar-refractivity contribution >= 4 is 22.7 Å². The number of carbonyl (C=O) groups is 2. The second-order valence-electron chi connectivity index (χ2n) is 7.99. The fourth-order valence-corrected chi connectivity index (χ4v) is 4.39. The molecule has 0 spiro atoms. The first-order chi connectivity index (χ1) is 14.0. The molecule has 4 rings (SSSR count). The highest BCUT2D eigenvalue weighted by atomic mass is 16.5. The largest absolute Gasteiger partial charge is 0.381 e. The monoisotopic (exact) mass is 396 g/mol. The molecule has 2 aliphatic heterocycles. The van der Waals surface area contributed by atoms with Gasteiger partial charge in [0, 0.05) is 55.9 Å². The van der Waals surface area contributed by atoms with E-state index in [1.807, 2.05) is 24.3 Å². The summed E-state index contributed by atoms with van der Waals surface area (Å²) in [6.07, 6.45) is 1.89. The molecule has 1 saturated heterocycles. The average Bonchev–Trinajstić information content (AvgIpc) is 2.76. The molecule has 0 radical (unpaired) electrons. The van der Waals surface area contributed by atoms with Crippen molar-refractivity contribution < 1.29 is 14.3 Å². The van der Waals surface area contributed by atoms with E-state index in [2.05, 4.69) is 17.1 Å². The zero-order valence-electron chi connectivity index (χ0n) is 16.9. The number of benzene rings is 1. The molecule has 0 aliphatic carbocycles. The van der Waals surface area contributed by atoms with Gasteiger partial charge in [0.1, 0.15) is 0 Å². The van der Waals surface area contributed by atoms with Gasteiger partial charge in [0.05, 0.1) is 16.5 Å². The first kappa shape index (κ1) is 19.8. The van der Waals surface area contributed by atoms with Crippen LogP contribution in [0.5, 0.6) is 0 Å². The van der Waals surface area contributed by atoms with Crippen LogP contribution in [0.15, 0.2) is 24.3 Å². The van der Waals surface area contributed by atoms with E-state index >= 15 is 0 Å². The highest BCUT2D eigenvalue weighted by Gasteiger charge is 2.39. The van der Waals surface area contributed by atoms with Gasteiger partial charge in [0.2, 0.25) is 5.91 Å². The predicted octanol–water partition coefficient (Wildman–Crippen LogP) is 1.62. The molecule has 2 amide bonds. The lowest BCUT2D eigenvalue weighted by Gasteiger charge is -2.34. The van der Waals surface area contributed by atoms with Crippen molar-refractivity contribution in [1.29, 1.82) is 0 Å². The van der Waals surface area contributed by atoms with Crippen molar-refractivity contribution in [2.24, 2.45) is 11.1 Å². The van der Waals surface area contributed by atoms with E-state index < -0.39 is 5.41 Å². The van der Waals surface area contributed by atoms with Gasteiger partial charge in [0.15, 0.2) is 0 Å². The summed E-state index contributed by atoms with van der Waals surface area (Å²) >= 11 is 0. The number of primary amides is 1. The second-order valence-corrected chi connectivity index (χ2v) is 7.99. The molecule has 3 heterocycles. The molecule has 0 unspecified atom stereocenters. The molecule has 1 aromatic heterocycles. The van der Waals surface area contributed by atoms with Crippen LogP contribution in [0, 0.1) is 5.41 Å². The van der Waals surface area contributed by atoms with Crippen molar-refractivity contribution in [2.45, 2.75) is 32.7 Å². The van der Waals surface area contributed by atoms with E-state index in [0.29, 0.717) is 38.2 Å². The quantitative estimate of drug-likeness (QED) is 0.801. The minimum Gasteiger partial charge on any atom is -0.381 e. The number of nitrogens with zero attached hydrogens (tertiary/aromatic N) is 2. The molecule has 7 heteroatoms. The van der Waals surface area contributed by atoms with Crippen LogP contribution in [0.25, 0.3) is 10.9 Å². The van der Waals surface area contributed by atoms with Crippen molar-refractivity contribution in [3.8, 4) is 0 Å². The zero-order chi connectivity index (χ0) is 20.4. The van der Waals surface area contributed by atoms with Crippen LogP contribution in [0.4, 0.5) is 0 Å². The van der Waals surface area contributed by atoms with E-state index in [0.717, 1.165) is 41.7 Å². The summed E-state index contributed by atoms with van der Waals surface area (Å²) in [4.78, 5) is 32.7. The minimum absolute atomic E-state index is 0.162. The normalized spacial score (nSPS) is 18.9. The van der Waals surface area contributed by atoms with Crippen LogP contribution in [-0.4, -0.2) is 54.5 Å². The van der Waals surface area contributed by atoms with Crippen LogP contribution in [0.1, 0.15) is 41.4 Å². The standard InChI is InChI=1S/C22H28N4O3/c1-2-26-10-7-18-16(13-26)19(15-5-3-4-6-17(15)25-18)20(27)24-14-22(21(23)28)8-11-29-12-9-22/h3-6H,2,7-14H2,1H3,(H2,23,28)(H,24,27). The van der Waals surface area contributed by atoms with Crippen LogP contribution < -0.4 is 11.1 Å². The third kappa shape index (κ3) is 3.72. The summed E-state index contributed by atoms with van der Waals surface area (Å²) in [5.41, 5.74) is 8.45. The van der Waals surface area contributed by atoms with E-state index in [1.54, 1.807) is 0 Å². The number of nitrogens with two attached hydrogens (primary N) is 1. The molecular weight excluding hydrogens is 368 g/mol. The Morgan fingerprint density at radius 3 is 2.76 bits per heavy atom. The number of hydrogen-bond donors (Lipinski definition) is 2. The Bertz CT molecular complexity index is 937. The first-order valence-electron chi connectivity index (χ1n) is 10.3. The van der Waals surface area contributed by atoms with Crippen molar-refractivity contribution in [1.82, 2.24) is 15.2 Å². The van der Waals surface area contributed by atoms with Crippen molar-refractivity contribution in [3.63, 3.8) is 0 Å². The van der Waals surface area contributed by atoms with Gasteiger partial charge in [-0.1, -0.05) is 25.1 Å². The lowest BCUT2D eigenvalue weighted by molar-refractivity contribution is -0.132. The molecule has 1 aromatic carbocycles. The number of likely N-dealkylation sites (N-methyl/N-ethyl adjacent to an activating group) is 1. The predicted molar refractivity (Wildman–Crippen MR) is 110 cm³/mol. The lowest BCUT2D eigenvalue weighted by atomic mass is 9.79. The zero-order valence-corrected chi connectivity index (χ0v) is 16.9. The third-order valence-corrected chi connectivity index (χ3v) is 6.36. The molecule has 0 saturated carbocycles. The van der Waals surface area contributed by atoms with Gasteiger partial charge in [-0.05, 0) is 25.5 Å². The number of amides is 2. The van der Waals surface area contributed by atoms with Crippen molar-refractivity contribution in [2.75, 3.05) is 32.8 Å². The van der Waals surface area contributed by atoms with Gasteiger partial charge in [0.25, 0.3) is 5.91 Å². The highest BCUT2D eigenvalue weighted by molar-refractivity contribution is 6.08. The van der Waals surface area contributed by atoms with Gasteiger partial charge < -0.3 is 15.8 Å². The van der Waals surface area contributed by atoms with E-state index in [9.17, 15) is 9.59 Å². The smallest absolute Gasteiger partial charge is 0.252 e. The van der Waals surface area contributed by atoms with Crippen LogP contribution >= 0.6 is 0 Å². The Morgan fingerprint density at radius 1 is 1.28 bits per heavy atom. The molecule has 1 fully saturated rings. The van der Waals surface area contributed by atoms with Gasteiger partial charge >= 0.3 is 0 Å². The topological polar surface area (TPSA) is 97.5 Å². The summed E-state index contributed by atoms with van der Waals surface area (Å²) in [7, 11) is 0. The number of para-hydroxylation sites is 1. The molecule has 3 N–H and O–H groups in total. The number of hydrogen-bond acceptors (Lipinski definition) is 5. The third-order valence-electron chi connectivity index (χ3n) is 6.36. The van der Waals surface area contributed by atoms with Crippen LogP contribution in [-0.2, 0) is 22.5 Å². The second kappa shape index (κ2) is 8.08. The molecule has 29 heavy (non-hydrogen) atoms. The van der Waals surface area contributed by atoms with E-state index in [4.69, 9.17) is 15.5 Å². The lowest BCUT2D eigenvalue weighted by Crippen LogP contribution is -2.49. The molecular formula is C22H28N4O3. The Hall–Kier alpha value is -2.51. The number of ether oxygens (including phenoxy) is 1. The summed E-state index contributed by atoms with van der Waals surface area (Å²) in [6.45, 7) is 5.91. The maximum absolute atomic E-state index is 13.4. The number of carbonyl (C=O) groups excluding carboxylic acids is 2. The SMILES string of the molecule is CCN1CCc2nc3ccccc3c(C(=O)NCC3(C(N)=O)CCOCC3)c2C1. The highest BCUT2D eigenvalue weighted by Crippen LogP contribution is 2.31. The molecule has 0 atom stereocenters. The molecule has 2 aliphatic rings. The molecule has 154 valence electrons. The minimum atomic E-state index is -0.744. The number of fused-ring (bicyclic) bond motifs is 2. The molecule has 2 aromatic rings. The molecule has 7 nitrogen and oxygen atoms in total. The number of rotatable bonds is 5. The van der Waals surface area contributed by atoms with Gasteiger partial charge in [-0.15, -0.1) is 0 Å². The molecule has 0 bridgehead atoms. The van der Waals surface area contributed by atoms with Gasteiger partial charge in [-0.25, -0.2) is 0 Å². The van der Waals surface area contributed by atoms with E-state index in [1.165, 1.54) is 0 Å². The van der Waals surface area contributed by atoms with Gasteiger partial charge in [-0.2, -0.15) is 0 Å². The fourth-order valence-electron chi connectivity index (χ4n) is 4.39. The number of pyridine rings is 1. The summed E-state index contributed by atoms with van der Waals surface area (Å²) < 4.78 is 5.39. The number of aromatic nitrogens is 1. The number of nitrogens with one attached hydrogen (secondary N) is 1. The Morgan fingerprint density at radius 2 is 2.03 bits per heavy atom. The van der Waals surface area contributed by atoms with Crippen LogP contribution in [0.2, 0.25) is 0 Å². The summed E-state index contributed by atoms with van der Waals surface area (Å²) in [5, 5.41) is 3.87. The first-order valence-corrected chi connectivity index (χ1v) is 10.3. The Labute approximate surface area is 170 Å².